The van der Waals surface area contributed by atoms with E-state index in [0.717, 1.165) is 11.3 Å². The summed E-state index contributed by atoms with van der Waals surface area (Å²) in [6, 6.07) is 7.37. The summed E-state index contributed by atoms with van der Waals surface area (Å²) in [5, 5.41) is 1.26. The lowest BCUT2D eigenvalue weighted by Crippen LogP contribution is -2.22. The minimum atomic E-state index is -0.223. The molecule has 0 spiro atoms. The summed E-state index contributed by atoms with van der Waals surface area (Å²) in [5.41, 5.74) is 0.915. The van der Waals surface area contributed by atoms with Crippen LogP contribution in [0, 0.1) is 0 Å². The van der Waals surface area contributed by atoms with E-state index < -0.39 is 0 Å². The predicted octanol–water partition coefficient (Wildman–Crippen LogP) is 2.94. The molecule has 3 nitrogen and oxygen atoms in total. The molecule has 0 unspecified atom stereocenters. The minimum absolute atomic E-state index is 0.124. The van der Waals surface area contributed by atoms with Crippen molar-refractivity contribution in [3.8, 4) is 5.75 Å². The molecule has 0 aliphatic rings. The molecule has 0 saturated carbocycles. The molecule has 0 bridgehead atoms. The molecule has 0 radical (unpaired) electrons. The second-order valence-electron chi connectivity index (χ2n) is 3.45. The number of hydrogen-bond acceptors (Lipinski definition) is 3. The molecular weight excluding hydrogens is 352 g/mol. The van der Waals surface area contributed by atoms with E-state index in [4.69, 9.17) is 9.47 Å². The van der Waals surface area contributed by atoms with E-state index in [1.807, 2.05) is 24.3 Å². The Balaban J connectivity index is 2.49. The van der Waals surface area contributed by atoms with Crippen LogP contribution in [0.15, 0.2) is 24.3 Å². The molecule has 17 heavy (non-hydrogen) atoms. The van der Waals surface area contributed by atoms with Crippen LogP contribution in [0.1, 0.15) is 5.56 Å². The smallest absolute Gasteiger partial charge is 0.310 e. The van der Waals surface area contributed by atoms with Crippen molar-refractivity contribution in [2.24, 2.45) is 0 Å². The zero-order chi connectivity index (χ0) is 12.7. The molecule has 1 aromatic carbocycles. The Bertz CT molecular complexity index is 347. The second kappa shape index (κ2) is 7.71. The molecule has 0 aliphatic carbocycles. The van der Waals surface area contributed by atoms with Gasteiger partial charge in [-0.3, -0.25) is 4.79 Å². The number of carbonyl (C=O) groups is 1. The summed E-state index contributed by atoms with van der Waals surface area (Å²) >= 11 is 6.57. The number of ether oxygens (including phenoxy) is 2. The van der Waals surface area contributed by atoms with Gasteiger partial charge >= 0.3 is 5.97 Å². The maximum Gasteiger partial charge on any atom is 0.310 e. The van der Waals surface area contributed by atoms with Crippen LogP contribution in [0.4, 0.5) is 0 Å². The average Bonchev–Trinajstić information content (AvgIpc) is 2.37. The topological polar surface area (TPSA) is 35.5 Å². The highest BCUT2D eigenvalue weighted by molar-refractivity contribution is 9.09. The lowest BCUT2D eigenvalue weighted by atomic mass is 10.1. The molecule has 1 rings (SSSR count). The predicted molar refractivity (Wildman–Crippen MR) is 74.2 cm³/mol. The Morgan fingerprint density at radius 3 is 2.29 bits per heavy atom. The molecule has 0 fully saturated rings. The van der Waals surface area contributed by atoms with Crippen molar-refractivity contribution in [2.45, 2.75) is 12.5 Å². The van der Waals surface area contributed by atoms with Gasteiger partial charge in [-0.05, 0) is 17.7 Å². The van der Waals surface area contributed by atoms with Crippen LogP contribution in [-0.4, -0.2) is 29.8 Å². The molecule has 0 saturated heterocycles. The highest BCUT2D eigenvalue weighted by Crippen LogP contribution is 2.12. The van der Waals surface area contributed by atoms with Crippen molar-refractivity contribution in [2.75, 3.05) is 17.8 Å². The number of alkyl halides is 2. The molecule has 1 aromatic rings. The second-order valence-corrected chi connectivity index (χ2v) is 4.74. The van der Waals surface area contributed by atoms with E-state index in [0.29, 0.717) is 10.7 Å². The van der Waals surface area contributed by atoms with Gasteiger partial charge in [-0.1, -0.05) is 44.0 Å². The first kappa shape index (κ1) is 14.5. The third-order valence-corrected chi connectivity index (χ3v) is 3.59. The van der Waals surface area contributed by atoms with E-state index in [2.05, 4.69) is 31.9 Å². The van der Waals surface area contributed by atoms with Crippen molar-refractivity contribution in [1.82, 2.24) is 0 Å². The van der Waals surface area contributed by atoms with Gasteiger partial charge in [0.05, 0.1) is 13.5 Å². The number of esters is 1. The van der Waals surface area contributed by atoms with Gasteiger partial charge in [0, 0.05) is 10.7 Å². The SMILES string of the molecule is COc1ccc(CC(=O)OC(CBr)CBr)cc1. The van der Waals surface area contributed by atoms with E-state index in [-0.39, 0.29) is 18.5 Å². The Morgan fingerprint density at radius 1 is 1.24 bits per heavy atom. The van der Waals surface area contributed by atoms with Crippen LogP contribution in [-0.2, 0) is 16.0 Å². The molecule has 0 atom stereocenters. The lowest BCUT2D eigenvalue weighted by molar-refractivity contribution is -0.146. The van der Waals surface area contributed by atoms with Gasteiger partial charge < -0.3 is 9.47 Å². The zero-order valence-corrected chi connectivity index (χ0v) is 12.7. The molecule has 0 aliphatic heterocycles. The number of carbonyl (C=O) groups excluding carboxylic acids is 1. The quantitative estimate of drug-likeness (QED) is 0.574. The van der Waals surface area contributed by atoms with Crippen molar-refractivity contribution in [3.63, 3.8) is 0 Å². The van der Waals surface area contributed by atoms with Gasteiger partial charge in [0.1, 0.15) is 11.9 Å². The fourth-order valence-electron chi connectivity index (χ4n) is 1.24. The van der Waals surface area contributed by atoms with Gasteiger partial charge in [-0.25, -0.2) is 0 Å². The molecule has 94 valence electrons. The van der Waals surface area contributed by atoms with Crippen LogP contribution in [0.3, 0.4) is 0 Å². The number of hydrogen-bond donors (Lipinski definition) is 0. The minimum Gasteiger partial charge on any atom is -0.497 e. The highest BCUT2D eigenvalue weighted by atomic mass is 79.9. The Labute approximate surface area is 118 Å². The van der Waals surface area contributed by atoms with Crippen molar-refractivity contribution in [3.05, 3.63) is 29.8 Å². The van der Waals surface area contributed by atoms with Crippen LogP contribution in [0.25, 0.3) is 0 Å². The highest BCUT2D eigenvalue weighted by Gasteiger charge is 2.12. The molecule has 0 aromatic heterocycles. The first-order valence-corrected chi connectivity index (χ1v) is 7.38. The van der Waals surface area contributed by atoms with E-state index in [9.17, 15) is 4.79 Å². The number of halogens is 2. The van der Waals surface area contributed by atoms with Gasteiger partial charge in [-0.2, -0.15) is 0 Å². The molecule has 0 heterocycles. The standard InChI is InChI=1S/C12H14Br2O3/c1-16-10-4-2-9(3-5-10)6-12(15)17-11(7-13)8-14/h2-5,11H,6-8H2,1H3. The Hall–Kier alpha value is -0.550. The third kappa shape index (κ3) is 5.08. The summed E-state index contributed by atoms with van der Waals surface area (Å²) < 4.78 is 10.3. The van der Waals surface area contributed by atoms with E-state index in [1.54, 1.807) is 7.11 Å². The van der Waals surface area contributed by atoms with Gasteiger partial charge in [-0.15, -0.1) is 0 Å². The molecule has 5 heteroatoms. The molecule has 0 amide bonds. The number of rotatable bonds is 6. The Morgan fingerprint density at radius 2 is 1.82 bits per heavy atom. The first-order valence-electron chi connectivity index (χ1n) is 5.14. The van der Waals surface area contributed by atoms with Crippen LogP contribution >= 0.6 is 31.9 Å². The summed E-state index contributed by atoms with van der Waals surface area (Å²) in [6.45, 7) is 0. The van der Waals surface area contributed by atoms with Crippen LogP contribution < -0.4 is 4.74 Å². The van der Waals surface area contributed by atoms with Gasteiger partial charge in [0.15, 0.2) is 0 Å². The first-order chi connectivity index (χ1) is 8.19. The summed E-state index contributed by atoms with van der Waals surface area (Å²) in [4.78, 5) is 11.6. The number of methoxy groups -OCH3 is 1. The average molecular weight is 366 g/mol. The molecular formula is C12H14Br2O3. The van der Waals surface area contributed by atoms with Gasteiger partial charge in [0.25, 0.3) is 0 Å². The summed E-state index contributed by atoms with van der Waals surface area (Å²) in [5.74, 6) is 0.556. The third-order valence-electron chi connectivity index (χ3n) is 2.15. The van der Waals surface area contributed by atoms with Crippen molar-refractivity contribution >= 4 is 37.8 Å². The van der Waals surface area contributed by atoms with Crippen LogP contribution in [0.2, 0.25) is 0 Å². The number of benzene rings is 1. The van der Waals surface area contributed by atoms with Crippen LogP contribution in [0.5, 0.6) is 5.75 Å². The maximum absolute atomic E-state index is 11.6. The van der Waals surface area contributed by atoms with E-state index in [1.165, 1.54) is 0 Å². The normalized spacial score (nSPS) is 10.4. The van der Waals surface area contributed by atoms with Crippen molar-refractivity contribution in [1.29, 1.82) is 0 Å². The molecule has 0 N–H and O–H groups in total. The monoisotopic (exact) mass is 364 g/mol. The zero-order valence-electron chi connectivity index (χ0n) is 9.49. The fraction of sp³-hybridized carbons (Fsp3) is 0.417. The summed E-state index contributed by atoms with van der Waals surface area (Å²) in [6.07, 6.45) is 0.154. The maximum atomic E-state index is 11.6. The largest absolute Gasteiger partial charge is 0.497 e. The van der Waals surface area contributed by atoms with E-state index >= 15 is 0 Å². The van der Waals surface area contributed by atoms with Crippen molar-refractivity contribution < 1.29 is 14.3 Å². The Kier molecular flexibility index (Phi) is 6.58. The summed E-state index contributed by atoms with van der Waals surface area (Å²) in [7, 11) is 1.61. The fourth-order valence-corrected chi connectivity index (χ4v) is 2.58. The van der Waals surface area contributed by atoms with Gasteiger partial charge in [0.2, 0.25) is 0 Å². The lowest BCUT2D eigenvalue weighted by Gasteiger charge is -2.12.